The van der Waals surface area contributed by atoms with Gasteiger partial charge in [0.1, 0.15) is 0 Å². The summed E-state index contributed by atoms with van der Waals surface area (Å²) in [6.07, 6.45) is 1.86. The summed E-state index contributed by atoms with van der Waals surface area (Å²) >= 11 is 0. The van der Waals surface area contributed by atoms with Crippen molar-refractivity contribution in [2.45, 2.75) is 0 Å². The normalized spacial score (nSPS) is 11.5. The average molecular weight is 588 g/mol. The van der Waals surface area contributed by atoms with E-state index in [9.17, 15) is 0 Å². The molecule has 0 aliphatic heterocycles. The molecule has 5 nitrogen and oxygen atoms in total. The predicted octanol–water partition coefficient (Wildman–Crippen LogP) is 9.94. The molecule has 0 bridgehead atoms. The van der Waals surface area contributed by atoms with E-state index in [0.717, 1.165) is 60.5 Å². The lowest BCUT2D eigenvalue weighted by Gasteiger charge is -2.11. The molecule has 0 amide bonds. The van der Waals surface area contributed by atoms with Crippen LogP contribution in [0.2, 0.25) is 0 Å². The van der Waals surface area contributed by atoms with Crippen molar-refractivity contribution in [3.8, 4) is 45.4 Å². The van der Waals surface area contributed by atoms with Crippen LogP contribution in [-0.2, 0) is 0 Å². The summed E-state index contributed by atoms with van der Waals surface area (Å²) in [6.45, 7) is 0. The number of hydrogen-bond acceptors (Lipinski definition) is 5. The number of benzene rings is 6. The first-order valence-electron chi connectivity index (χ1n) is 15.3. The molecule has 214 valence electrons. The molecule has 9 rings (SSSR count). The summed E-state index contributed by atoms with van der Waals surface area (Å²) in [5.74, 6) is 1.92. The Hall–Kier alpha value is -6.33. The van der Waals surface area contributed by atoms with Crippen LogP contribution in [0, 0.1) is 0 Å². The van der Waals surface area contributed by atoms with Gasteiger partial charge in [0.05, 0.1) is 16.7 Å². The molecule has 3 heterocycles. The Morgan fingerprint density at radius 3 is 1.39 bits per heavy atom. The first kappa shape index (κ1) is 26.1. The van der Waals surface area contributed by atoms with Gasteiger partial charge in [0.2, 0.25) is 0 Å². The van der Waals surface area contributed by atoms with Crippen molar-refractivity contribution in [3.63, 3.8) is 0 Å². The molecule has 0 fully saturated rings. The highest BCUT2D eigenvalue weighted by molar-refractivity contribution is 6.20. The lowest BCUT2D eigenvalue weighted by Crippen LogP contribution is -2.00. The highest BCUT2D eigenvalue weighted by Gasteiger charge is 2.14. The molecule has 3 aromatic heterocycles. The molecule has 46 heavy (non-hydrogen) atoms. The summed E-state index contributed by atoms with van der Waals surface area (Å²) < 4.78 is 0. The van der Waals surface area contributed by atoms with Crippen LogP contribution in [0.1, 0.15) is 0 Å². The van der Waals surface area contributed by atoms with Gasteiger partial charge in [-0.25, -0.2) is 19.9 Å². The number of aromatic nitrogens is 5. The monoisotopic (exact) mass is 587 g/mol. The Labute approximate surface area is 264 Å². The number of hydrogen-bond donors (Lipinski definition) is 0. The fourth-order valence-corrected chi connectivity index (χ4v) is 6.24. The standard InChI is InChI=1S/C41H25N5/c1-3-8-29(9-4-1)39-44-40(30-10-5-2-6-11-30)46-41(45-39)31-15-13-26(14-16-31)36-24-19-28-18-21-33-32-20-17-27-12-7-25-42-37(27)34(32)22-23-35(33)38(28)43-36/h1-25H. The summed E-state index contributed by atoms with van der Waals surface area (Å²) in [6, 6.07) is 49.8. The van der Waals surface area contributed by atoms with Gasteiger partial charge in [-0.2, -0.15) is 0 Å². The van der Waals surface area contributed by atoms with Gasteiger partial charge in [0.25, 0.3) is 0 Å². The molecule has 0 saturated carbocycles. The number of rotatable bonds is 4. The van der Waals surface area contributed by atoms with Crippen LogP contribution in [0.15, 0.2) is 152 Å². The smallest absolute Gasteiger partial charge is 0.164 e. The molecule has 0 aliphatic carbocycles. The Morgan fingerprint density at radius 1 is 0.304 bits per heavy atom. The second-order valence-electron chi connectivity index (χ2n) is 11.3. The van der Waals surface area contributed by atoms with E-state index in [1.807, 2.05) is 72.9 Å². The van der Waals surface area contributed by atoms with Crippen LogP contribution in [-0.4, -0.2) is 24.9 Å². The first-order chi connectivity index (χ1) is 22.8. The van der Waals surface area contributed by atoms with Crippen molar-refractivity contribution in [1.82, 2.24) is 24.9 Å². The zero-order chi connectivity index (χ0) is 30.5. The third kappa shape index (κ3) is 4.45. The molecule has 0 saturated heterocycles. The Morgan fingerprint density at radius 2 is 0.783 bits per heavy atom. The second-order valence-corrected chi connectivity index (χ2v) is 11.3. The Bertz CT molecular complexity index is 2510. The maximum absolute atomic E-state index is 5.20. The highest BCUT2D eigenvalue weighted by Crippen LogP contribution is 2.35. The topological polar surface area (TPSA) is 64.5 Å². The summed E-state index contributed by atoms with van der Waals surface area (Å²) in [5, 5.41) is 6.90. The minimum atomic E-state index is 0.630. The van der Waals surface area contributed by atoms with E-state index in [2.05, 4.69) is 83.8 Å². The van der Waals surface area contributed by atoms with E-state index in [4.69, 9.17) is 19.9 Å². The zero-order valence-electron chi connectivity index (χ0n) is 24.7. The SMILES string of the molecule is c1ccc(-c2nc(-c3ccccc3)nc(-c3ccc(-c4ccc5ccc6c7ccc8cccnc8c7ccc6c5n4)cc3)n2)cc1. The van der Waals surface area contributed by atoms with E-state index < -0.39 is 0 Å². The molecule has 0 aliphatic rings. The molecular weight excluding hydrogens is 562 g/mol. The van der Waals surface area contributed by atoms with E-state index in [1.165, 1.54) is 10.8 Å². The summed E-state index contributed by atoms with van der Waals surface area (Å²) in [7, 11) is 0. The molecule has 0 N–H and O–H groups in total. The fraction of sp³-hybridized carbons (Fsp3) is 0. The quantitative estimate of drug-likeness (QED) is 0.192. The van der Waals surface area contributed by atoms with Crippen molar-refractivity contribution in [2.24, 2.45) is 0 Å². The van der Waals surface area contributed by atoms with Crippen molar-refractivity contribution in [1.29, 1.82) is 0 Å². The number of fused-ring (bicyclic) bond motifs is 7. The summed E-state index contributed by atoms with van der Waals surface area (Å²) in [5.41, 5.74) is 6.76. The molecule has 5 heteroatoms. The molecule has 6 aromatic carbocycles. The predicted molar refractivity (Wildman–Crippen MR) is 187 cm³/mol. The van der Waals surface area contributed by atoms with Gasteiger partial charge in [0.15, 0.2) is 17.5 Å². The van der Waals surface area contributed by atoms with Crippen molar-refractivity contribution in [3.05, 3.63) is 152 Å². The van der Waals surface area contributed by atoms with Crippen LogP contribution >= 0.6 is 0 Å². The van der Waals surface area contributed by atoms with Gasteiger partial charge in [-0.1, -0.05) is 133 Å². The van der Waals surface area contributed by atoms with Crippen LogP contribution in [0.5, 0.6) is 0 Å². The maximum atomic E-state index is 5.20. The summed E-state index contributed by atoms with van der Waals surface area (Å²) in [4.78, 5) is 24.4. The maximum Gasteiger partial charge on any atom is 0.164 e. The number of nitrogens with zero attached hydrogens (tertiary/aromatic N) is 5. The van der Waals surface area contributed by atoms with Crippen LogP contribution in [0.3, 0.4) is 0 Å². The molecule has 0 unspecified atom stereocenters. The van der Waals surface area contributed by atoms with Crippen molar-refractivity contribution < 1.29 is 0 Å². The van der Waals surface area contributed by atoms with E-state index >= 15 is 0 Å². The van der Waals surface area contributed by atoms with Crippen LogP contribution in [0.25, 0.3) is 88.8 Å². The van der Waals surface area contributed by atoms with Gasteiger partial charge in [-0.05, 0) is 22.9 Å². The van der Waals surface area contributed by atoms with Crippen LogP contribution in [0.4, 0.5) is 0 Å². The highest BCUT2D eigenvalue weighted by atomic mass is 15.0. The number of pyridine rings is 2. The molecular formula is C41H25N5. The van der Waals surface area contributed by atoms with E-state index in [-0.39, 0.29) is 0 Å². The molecule has 0 spiro atoms. The Balaban J connectivity index is 1.13. The van der Waals surface area contributed by atoms with Crippen molar-refractivity contribution >= 4 is 43.4 Å². The Kier molecular flexibility index (Phi) is 6.06. The first-order valence-corrected chi connectivity index (χ1v) is 15.3. The lowest BCUT2D eigenvalue weighted by atomic mass is 9.97. The largest absolute Gasteiger partial charge is 0.256 e. The molecule has 9 aromatic rings. The van der Waals surface area contributed by atoms with Gasteiger partial charge in [0, 0.05) is 50.0 Å². The average Bonchev–Trinajstić information content (AvgIpc) is 3.14. The van der Waals surface area contributed by atoms with Gasteiger partial charge < -0.3 is 0 Å². The van der Waals surface area contributed by atoms with Gasteiger partial charge in [-0.3, -0.25) is 4.98 Å². The second kappa shape index (κ2) is 10.7. The minimum Gasteiger partial charge on any atom is -0.256 e. The van der Waals surface area contributed by atoms with Crippen molar-refractivity contribution in [2.75, 3.05) is 0 Å². The molecule has 0 radical (unpaired) electrons. The van der Waals surface area contributed by atoms with E-state index in [0.29, 0.717) is 17.5 Å². The lowest BCUT2D eigenvalue weighted by molar-refractivity contribution is 1.07. The third-order valence-electron chi connectivity index (χ3n) is 8.56. The minimum absolute atomic E-state index is 0.630. The zero-order valence-corrected chi connectivity index (χ0v) is 24.7. The fourth-order valence-electron chi connectivity index (χ4n) is 6.24. The van der Waals surface area contributed by atoms with Crippen LogP contribution < -0.4 is 0 Å². The van der Waals surface area contributed by atoms with Gasteiger partial charge in [-0.15, -0.1) is 0 Å². The molecule has 0 atom stereocenters. The van der Waals surface area contributed by atoms with Gasteiger partial charge >= 0.3 is 0 Å². The van der Waals surface area contributed by atoms with E-state index in [1.54, 1.807) is 0 Å². The third-order valence-corrected chi connectivity index (χ3v) is 8.56.